The highest BCUT2D eigenvalue weighted by Gasteiger charge is 2.21. The number of carbonyl (C=O) groups is 1. The zero-order valence-electron chi connectivity index (χ0n) is 7.83. The van der Waals surface area contributed by atoms with Gasteiger partial charge in [0, 0.05) is 0 Å². The molecule has 1 heterocycles. The predicted molar refractivity (Wildman–Crippen MR) is 50.7 cm³/mol. The summed E-state index contributed by atoms with van der Waals surface area (Å²) < 4.78 is 21.1. The third-order valence-electron chi connectivity index (χ3n) is 1.67. The lowest BCUT2D eigenvalue weighted by Crippen LogP contribution is -1.99. The van der Waals surface area contributed by atoms with Crippen LogP contribution in [0.25, 0.3) is 0 Å². The number of furan rings is 1. The van der Waals surface area contributed by atoms with Gasteiger partial charge in [-0.15, -0.1) is 0 Å². The summed E-state index contributed by atoms with van der Waals surface area (Å²) in [5, 5.41) is 17.4. The first-order chi connectivity index (χ1) is 7.13. The summed E-state index contributed by atoms with van der Waals surface area (Å²) in [5.41, 5.74) is 0. The van der Waals surface area contributed by atoms with Gasteiger partial charge in [0.15, 0.2) is 12.0 Å². The molecule has 0 atom stereocenters. The summed E-state index contributed by atoms with van der Waals surface area (Å²) in [6.07, 6.45) is -0.934. The van der Waals surface area contributed by atoms with Gasteiger partial charge in [-0.3, -0.25) is 9.36 Å². The second kappa shape index (κ2) is 5.23. The van der Waals surface area contributed by atoms with Gasteiger partial charge in [0.2, 0.25) is 0 Å². The fraction of sp³-hybridized carbons (Fsp3) is 0.375. The molecule has 0 aliphatic rings. The van der Waals surface area contributed by atoms with Crippen LogP contribution >= 0.6 is 7.37 Å². The Balaban J connectivity index is 2.56. The molecule has 84 valence electrons. The zero-order chi connectivity index (χ0) is 11.3. The van der Waals surface area contributed by atoms with Crippen molar-refractivity contribution in [2.24, 2.45) is 0 Å². The molecule has 7 heteroatoms. The van der Waals surface area contributed by atoms with E-state index in [2.05, 4.69) is 0 Å². The van der Waals surface area contributed by atoms with E-state index in [0.717, 1.165) is 0 Å². The van der Waals surface area contributed by atoms with Gasteiger partial charge < -0.3 is 19.2 Å². The number of hydrogen-bond donors (Lipinski definition) is 2. The number of rotatable bonds is 6. The molecule has 15 heavy (non-hydrogen) atoms. The quantitative estimate of drug-likeness (QED) is 0.557. The van der Waals surface area contributed by atoms with Gasteiger partial charge in [-0.2, -0.15) is 0 Å². The Morgan fingerprint density at radius 1 is 1.40 bits per heavy atom. The number of aliphatic hydroxyl groups is 2. The van der Waals surface area contributed by atoms with Crippen molar-refractivity contribution in [1.82, 2.24) is 0 Å². The second-order valence-corrected chi connectivity index (χ2v) is 5.25. The number of carbonyl (C=O) groups excluding carboxylic acids is 1. The van der Waals surface area contributed by atoms with Crippen LogP contribution in [0.2, 0.25) is 0 Å². The molecule has 0 aromatic carbocycles. The fourth-order valence-corrected chi connectivity index (χ4v) is 1.46. The van der Waals surface area contributed by atoms with E-state index in [1.54, 1.807) is 0 Å². The maximum atomic E-state index is 11.4. The number of aliphatic hydroxyl groups excluding tert-OH is 2. The summed E-state index contributed by atoms with van der Waals surface area (Å²) in [5.74, 6) is 0.440. The molecule has 0 amide bonds. The highest BCUT2D eigenvalue weighted by molar-refractivity contribution is 7.58. The Morgan fingerprint density at radius 2 is 2.07 bits per heavy atom. The van der Waals surface area contributed by atoms with E-state index in [9.17, 15) is 9.36 Å². The smallest absolute Gasteiger partial charge is 0.252 e. The number of hydrogen-bond acceptors (Lipinski definition) is 6. The van der Waals surface area contributed by atoms with Crippen LogP contribution in [0.5, 0.6) is 0 Å². The van der Waals surface area contributed by atoms with Gasteiger partial charge >= 0.3 is 0 Å². The monoisotopic (exact) mass is 234 g/mol. The van der Waals surface area contributed by atoms with Crippen molar-refractivity contribution in [2.45, 2.75) is 6.61 Å². The molecule has 0 saturated carbocycles. The Hall–Kier alpha value is -0.940. The predicted octanol–water partition coefficient (Wildman–Crippen LogP) is 0.786. The molecule has 0 aliphatic carbocycles. The third kappa shape index (κ3) is 3.28. The van der Waals surface area contributed by atoms with Gasteiger partial charge in [0.25, 0.3) is 7.37 Å². The lowest BCUT2D eigenvalue weighted by atomic mass is 10.4. The molecule has 0 saturated heterocycles. The Kier molecular flexibility index (Phi) is 4.23. The van der Waals surface area contributed by atoms with Crippen molar-refractivity contribution in [2.75, 3.05) is 12.7 Å². The molecule has 1 aromatic rings. The molecule has 2 N–H and O–H groups in total. The highest BCUT2D eigenvalue weighted by atomic mass is 31.2. The van der Waals surface area contributed by atoms with Crippen molar-refractivity contribution in [3.8, 4) is 0 Å². The van der Waals surface area contributed by atoms with Crippen LogP contribution in [-0.2, 0) is 15.7 Å². The fourth-order valence-electron chi connectivity index (χ4n) is 0.843. The molecule has 1 rings (SSSR count). The van der Waals surface area contributed by atoms with Gasteiger partial charge in [0.1, 0.15) is 25.1 Å². The maximum Gasteiger partial charge on any atom is 0.252 e. The van der Waals surface area contributed by atoms with E-state index in [4.69, 9.17) is 19.2 Å². The highest BCUT2D eigenvalue weighted by Crippen LogP contribution is 2.45. The minimum Gasteiger partial charge on any atom is -0.456 e. The maximum absolute atomic E-state index is 11.4. The van der Waals surface area contributed by atoms with Crippen LogP contribution in [0.3, 0.4) is 0 Å². The van der Waals surface area contributed by atoms with E-state index >= 15 is 0 Å². The molecule has 0 aliphatic heterocycles. The van der Waals surface area contributed by atoms with E-state index in [0.29, 0.717) is 12.0 Å². The Bertz CT molecular complexity index is 363. The van der Waals surface area contributed by atoms with Crippen molar-refractivity contribution >= 4 is 13.7 Å². The van der Waals surface area contributed by atoms with Crippen LogP contribution < -0.4 is 0 Å². The SMILES string of the molecule is O=Cc1ccc(COP(=O)(CO)CO)o1. The summed E-state index contributed by atoms with van der Waals surface area (Å²) in [6, 6.07) is 2.93. The van der Waals surface area contributed by atoms with Crippen LogP contribution in [0.1, 0.15) is 16.3 Å². The minimum atomic E-state index is -3.38. The largest absolute Gasteiger partial charge is 0.456 e. The summed E-state index contributed by atoms with van der Waals surface area (Å²) >= 11 is 0. The van der Waals surface area contributed by atoms with Crippen molar-refractivity contribution < 1.29 is 28.5 Å². The van der Waals surface area contributed by atoms with E-state index in [-0.39, 0.29) is 12.4 Å². The average molecular weight is 234 g/mol. The molecule has 0 unspecified atom stereocenters. The van der Waals surface area contributed by atoms with Crippen molar-refractivity contribution in [3.05, 3.63) is 23.7 Å². The van der Waals surface area contributed by atoms with Crippen LogP contribution in [0.4, 0.5) is 0 Å². The zero-order valence-corrected chi connectivity index (χ0v) is 8.72. The molecule has 6 nitrogen and oxygen atoms in total. The van der Waals surface area contributed by atoms with E-state index in [1.807, 2.05) is 0 Å². The van der Waals surface area contributed by atoms with Crippen LogP contribution in [0.15, 0.2) is 16.5 Å². The van der Waals surface area contributed by atoms with Crippen LogP contribution in [0, 0.1) is 0 Å². The topological polar surface area (TPSA) is 97.0 Å². The second-order valence-electron chi connectivity index (χ2n) is 2.79. The van der Waals surface area contributed by atoms with Gasteiger partial charge in [-0.1, -0.05) is 0 Å². The Morgan fingerprint density at radius 3 is 2.53 bits per heavy atom. The number of aldehydes is 1. The molecule has 0 fully saturated rings. The molecular weight excluding hydrogens is 223 g/mol. The molecule has 0 spiro atoms. The average Bonchev–Trinajstić information content (AvgIpc) is 2.74. The van der Waals surface area contributed by atoms with Gasteiger partial charge in [0.05, 0.1) is 0 Å². The standard InChI is InChI=1S/C8H11O6P/c9-3-7-1-2-8(14-7)4-13-15(12,5-10)6-11/h1-3,10-11H,4-6H2. The molecular formula is C8H11O6P. The van der Waals surface area contributed by atoms with Crippen LogP contribution in [-0.4, -0.2) is 29.2 Å². The molecule has 0 bridgehead atoms. The minimum absolute atomic E-state index is 0.136. The van der Waals surface area contributed by atoms with Crippen molar-refractivity contribution in [1.29, 1.82) is 0 Å². The Labute approximate surface area is 85.9 Å². The lowest BCUT2D eigenvalue weighted by molar-refractivity contribution is 0.109. The summed E-state index contributed by atoms with van der Waals surface area (Å²) in [7, 11) is -3.38. The van der Waals surface area contributed by atoms with E-state index < -0.39 is 20.1 Å². The first-order valence-electron chi connectivity index (χ1n) is 4.12. The first-order valence-corrected chi connectivity index (χ1v) is 6.11. The summed E-state index contributed by atoms with van der Waals surface area (Å²) in [6.45, 7) is -0.160. The molecule has 0 radical (unpaired) electrons. The third-order valence-corrected chi connectivity index (χ3v) is 3.13. The summed E-state index contributed by atoms with van der Waals surface area (Å²) in [4.78, 5) is 10.3. The van der Waals surface area contributed by atoms with Crippen molar-refractivity contribution in [3.63, 3.8) is 0 Å². The molecule has 1 aromatic heterocycles. The lowest BCUT2D eigenvalue weighted by Gasteiger charge is -2.11. The van der Waals surface area contributed by atoms with Gasteiger partial charge in [-0.25, -0.2) is 0 Å². The van der Waals surface area contributed by atoms with E-state index in [1.165, 1.54) is 12.1 Å². The van der Waals surface area contributed by atoms with Gasteiger partial charge in [-0.05, 0) is 12.1 Å². The first kappa shape index (κ1) is 12.1. The normalized spacial score (nSPS) is 11.6.